The molecule has 0 aliphatic carbocycles. The van der Waals surface area contributed by atoms with Gasteiger partial charge in [0.1, 0.15) is 28.9 Å². The van der Waals surface area contributed by atoms with Crippen molar-refractivity contribution < 1.29 is 64.5 Å². The summed E-state index contributed by atoms with van der Waals surface area (Å²) in [4.78, 5) is 68.7. The van der Waals surface area contributed by atoms with Crippen LogP contribution in [-0.4, -0.2) is 139 Å². The van der Waals surface area contributed by atoms with Crippen molar-refractivity contribution in [2.75, 3.05) is 68.7 Å². The first kappa shape index (κ1) is 73.1. The fourth-order valence-corrected chi connectivity index (χ4v) is 9.32. The first-order valence-electron chi connectivity index (χ1n) is 27.1. The number of carbonyl (C=O) groups excluding carboxylic acids is 5. The number of nitrogen functional groups attached to an aromatic ring is 2. The zero-order valence-corrected chi connectivity index (χ0v) is 53.2. The van der Waals surface area contributed by atoms with Crippen molar-refractivity contribution in [3.05, 3.63) is 94.6 Å². The van der Waals surface area contributed by atoms with E-state index in [2.05, 4.69) is 55.5 Å². The third-order valence-electron chi connectivity index (χ3n) is 11.8. The molecule has 0 spiro atoms. The Bertz CT molecular complexity index is 3590. The molecule has 4 aromatic heterocycles. The number of pyridine rings is 2. The molecular weight excluding hydrogens is 1150 g/mol. The maximum absolute atomic E-state index is 12.9. The highest BCUT2D eigenvalue weighted by Gasteiger charge is 2.33. The quantitative estimate of drug-likeness (QED) is 0.0380. The highest BCUT2D eigenvalue weighted by Crippen LogP contribution is 2.32. The van der Waals surface area contributed by atoms with E-state index in [1.165, 1.54) is 0 Å². The lowest BCUT2D eigenvalue weighted by atomic mass is 10.1. The van der Waals surface area contributed by atoms with E-state index in [-0.39, 0.29) is 30.6 Å². The third kappa shape index (κ3) is 19.8. The summed E-state index contributed by atoms with van der Waals surface area (Å²) in [7, 11) is -5.05. The Morgan fingerprint density at radius 2 is 0.977 bits per heavy atom. The number of fused-ring (bicyclic) bond motifs is 2. The smallest absolute Gasteiger partial charge is 0.417 e. The summed E-state index contributed by atoms with van der Waals surface area (Å²) in [5.41, 5.74) is 17.0. The van der Waals surface area contributed by atoms with E-state index in [0.29, 0.717) is 98.9 Å². The number of sulfone groups is 2. The lowest BCUT2D eigenvalue weighted by Gasteiger charge is -2.20. The van der Waals surface area contributed by atoms with E-state index < -0.39 is 53.0 Å². The molecule has 0 amide bonds. The van der Waals surface area contributed by atoms with E-state index in [4.69, 9.17) is 30.9 Å². The van der Waals surface area contributed by atoms with Crippen molar-refractivity contribution in [1.29, 1.82) is 5.26 Å². The molecule has 468 valence electrons. The lowest BCUT2D eigenvalue weighted by molar-refractivity contribution is -0.167. The molecule has 26 nitrogen and oxygen atoms in total. The SMILES string of the molecule is CCC#N.CCOC(=O)C(=O)OCC.CCOC(=O)C1=C(C)C(Nc2ccnc3ccc(S(=O)(=O)C(C)(C)C)cc23)=NC1.CCOC(=O)c1[nH]nc(N)c1C.CCOC(=O)c1[nH]nc(N)c1C.CNc1ccnc2ccc(S(=O)(=O)C(C)(C)C)cc12. The van der Waals surface area contributed by atoms with Crippen molar-refractivity contribution in [1.82, 2.24) is 30.4 Å². The molecule has 6 aromatic rings. The van der Waals surface area contributed by atoms with Gasteiger partial charge >= 0.3 is 29.8 Å². The number of ether oxygens (including phenoxy) is 5. The minimum atomic E-state index is -3.51. The molecule has 5 heterocycles. The summed E-state index contributed by atoms with van der Waals surface area (Å²) in [6.45, 7) is 27.3. The minimum Gasteiger partial charge on any atom is -0.463 e. The second-order valence-electron chi connectivity index (χ2n) is 19.8. The number of aromatic amines is 2. The Labute approximate surface area is 502 Å². The number of hydrogen-bond donors (Lipinski definition) is 6. The van der Waals surface area contributed by atoms with E-state index in [1.54, 1.807) is 152 Å². The average Bonchev–Trinajstić information content (AvgIpc) is 2.42. The van der Waals surface area contributed by atoms with E-state index in [0.717, 1.165) is 16.6 Å². The normalized spacial score (nSPS) is 11.8. The summed E-state index contributed by atoms with van der Waals surface area (Å²) < 4.78 is 72.2. The number of esters is 5. The molecule has 0 saturated heterocycles. The maximum Gasteiger partial charge on any atom is 0.417 e. The van der Waals surface area contributed by atoms with Gasteiger partial charge in [0.05, 0.1) is 87.2 Å². The van der Waals surface area contributed by atoms with E-state index in [9.17, 15) is 40.8 Å². The van der Waals surface area contributed by atoms with Gasteiger partial charge in [0, 0.05) is 59.0 Å². The number of nitriles is 1. The molecular formula is C58H80N12O14S2. The van der Waals surface area contributed by atoms with Gasteiger partial charge in [-0.1, -0.05) is 6.92 Å². The average molecular weight is 1230 g/mol. The van der Waals surface area contributed by atoms with Crippen LogP contribution >= 0.6 is 0 Å². The Hall–Kier alpha value is -8.97. The monoisotopic (exact) mass is 1230 g/mol. The third-order valence-corrected chi connectivity index (χ3v) is 16.8. The number of aromatic nitrogens is 6. The van der Waals surface area contributed by atoms with Gasteiger partial charge < -0.3 is 45.8 Å². The fourth-order valence-electron chi connectivity index (χ4n) is 6.86. The highest BCUT2D eigenvalue weighted by atomic mass is 32.2. The second kappa shape index (κ2) is 33.5. The molecule has 7 rings (SSSR count). The van der Waals surface area contributed by atoms with Crippen molar-refractivity contribution in [3.8, 4) is 6.07 Å². The molecule has 2 aromatic carbocycles. The number of nitrogens with zero attached hydrogens (tertiary/aromatic N) is 6. The standard InChI is InChI=1S/C21H25N3O4S.C14H18N2O2S.2C7H11N3O2.C6H10O4.C3H5N/c1-6-28-20(25)16-12-23-19(13(16)2)24-18-9-10-22-17-8-7-14(11-15(17)18)29(26,27)21(3,4)5;1-14(2,3)19(17,18)10-5-6-13-11(9-10)12(15-4)7-8-16-13;2*1-3-12-7(11)5-4(2)6(8)10-9-5;1-3-9-5(7)6(8)10-4-2;1-2-3-4/h7-11H,6,12H2,1-5H3,(H,22,23,24);5-9H,1-4H3,(H,15,16);2*3H2,1-2H3,(H3,8,9,10);3-4H2,1-2H3;2H2,1H3. The van der Waals surface area contributed by atoms with Crippen LogP contribution in [0.3, 0.4) is 0 Å². The highest BCUT2D eigenvalue weighted by molar-refractivity contribution is 7.93. The number of nitrogens with two attached hydrogens (primary N) is 2. The van der Waals surface area contributed by atoms with Crippen LogP contribution in [0.25, 0.3) is 21.8 Å². The van der Waals surface area contributed by atoms with Crippen LogP contribution in [-0.2, 0) is 57.7 Å². The second-order valence-corrected chi connectivity index (χ2v) is 25.2. The van der Waals surface area contributed by atoms with Crippen LogP contribution in [0.15, 0.2) is 86.9 Å². The molecule has 28 heteroatoms. The van der Waals surface area contributed by atoms with Crippen molar-refractivity contribution >= 4 is 100 Å². The Kier molecular flexibility index (Phi) is 28.5. The van der Waals surface area contributed by atoms with Crippen LogP contribution < -0.4 is 22.1 Å². The van der Waals surface area contributed by atoms with Gasteiger partial charge in [-0.25, -0.2) is 40.8 Å². The van der Waals surface area contributed by atoms with Crippen molar-refractivity contribution in [2.45, 2.75) is 130 Å². The van der Waals surface area contributed by atoms with Gasteiger partial charge in [-0.15, -0.1) is 0 Å². The number of H-pyrrole nitrogens is 2. The van der Waals surface area contributed by atoms with Crippen LogP contribution in [0.4, 0.5) is 23.0 Å². The van der Waals surface area contributed by atoms with Gasteiger partial charge in [-0.2, -0.15) is 15.5 Å². The zero-order valence-electron chi connectivity index (χ0n) is 51.6. The Balaban J connectivity index is 0.000000383. The molecule has 0 fully saturated rings. The molecule has 0 atom stereocenters. The van der Waals surface area contributed by atoms with Crippen LogP contribution in [0.2, 0.25) is 0 Å². The number of nitrogens with one attached hydrogen (secondary N) is 4. The zero-order chi connectivity index (χ0) is 65.3. The molecule has 0 unspecified atom stereocenters. The van der Waals surface area contributed by atoms with Gasteiger partial charge in [-0.05, 0) is 145 Å². The predicted molar refractivity (Wildman–Crippen MR) is 329 cm³/mol. The van der Waals surface area contributed by atoms with Crippen LogP contribution in [0.5, 0.6) is 0 Å². The first-order chi connectivity index (χ1) is 40.3. The van der Waals surface area contributed by atoms with Crippen molar-refractivity contribution in [2.24, 2.45) is 4.99 Å². The van der Waals surface area contributed by atoms with Gasteiger partial charge in [-0.3, -0.25) is 25.2 Å². The van der Waals surface area contributed by atoms with Gasteiger partial charge in [0.15, 0.2) is 19.7 Å². The molecule has 1 aliphatic heterocycles. The molecule has 8 N–H and O–H groups in total. The van der Waals surface area contributed by atoms with Gasteiger partial charge in [0.2, 0.25) is 0 Å². The fraction of sp³-hybridized carbons (Fsp3) is 0.431. The molecule has 0 bridgehead atoms. The predicted octanol–water partition coefficient (Wildman–Crippen LogP) is 8.35. The summed E-state index contributed by atoms with van der Waals surface area (Å²) in [6, 6.07) is 15.5. The van der Waals surface area contributed by atoms with Crippen LogP contribution in [0.1, 0.15) is 129 Å². The Morgan fingerprint density at radius 1 is 0.605 bits per heavy atom. The molecule has 1 aliphatic rings. The minimum absolute atomic E-state index is 0.192. The maximum atomic E-state index is 12.9. The summed E-state index contributed by atoms with van der Waals surface area (Å²) in [5.74, 6) is -1.84. The van der Waals surface area contributed by atoms with E-state index >= 15 is 0 Å². The summed E-state index contributed by atoms with van der Waals surface area (Å²) >= 11 is 0. The largest absolute Gasteiger partial charge is 0.463 e. The molecule has 86 heavy (non-hydrogen) atoms. The Morgan fingerprint density at radius 3 is 1.31 bits per heavy atom. The lowest BCUT2D eigenvalue weighted by Crippen LogP contribution is -2.27. The summed E-state index contributed by atoms with van der Waals surface area (Å²) in [5, 5.41) is 27.7. The van der Waals surface area contributed by atoms with Gasteiger partial charge in [0.25, 0.3) is 0 Å². The van der Waals surface area contributed by atoms with E-state index in [1.807, 2.05) is 26.0 Å². The number of carbonyl (C=O) groups is 5. The van der Waals surface area contributed by atoms with Crippen LogP contribution in [0, 0.1) is 25.2 Å². The number of aliphatic imine (C=N–C) groups is 1. The number of rotatable bonds is 12. The summed E-state index contributed by atoms with van der Waals surface area (Å²) in [6.07, 6.45) is 3.97. The number of hydrogen-bond acceptors (Lipinski definition) is 24. The topological polar surface area (TPSA) is 395 Å². The molecule has 0 radical (unpaired) electrons. The number of amidine groups is 1. The number of benzene rings is 2. The number of anilines is 4. The first-order valence-corrected chi connectivity index (χ1v) is 30.1. The molecule has 0 saturated carbocycles. The van der Waals surface area contributed by atoms with Crippen molar-refractivity contribution in [3.63, 3.8) is 0 Å².